The van der Waals surface area contributed by atoms with E-state index in [-0.39, 0.29) is 0 Å². The van der Waals surface area contributed by atoms with E-state index in [1.807, 2.05) is 66.7 Å². The van der Waals surface area contributed by atoms with Gasteiger partial charge in [0.05, 0.1) is 11.8 Å². The molecule has 22 heavy (non-hydrogen) atoms. The highest BCUT2D eigenvalue weighted by Crippen LogP contribution is 2.19. The maximum atomic E-state index is 10.2. The first kappa shape index (κ1) is 14.2. The normalized spacial score (nSPS) is 11.9. The molecule has 1 heterocycles. The summed E-state index contributed by atoms with van der Waals surface area (Å²) in [5.41, 5.74) is 2.77. The summed E-state index contributed by atoms with van der Waals surface area (Å²) in [6, 6.07) is 21.4. The lowest BCUT2D eigenvalue weighted by Crippen LogP contribution is -2.13. The van der Waals surface area contributed by atoms with Crippen LogP contribution in [0.1, 0.15) is 11.7 Å². The van der Waals surface area contributed by atoms with Crippen LogP contribution < -0.4 is 5.32 Å². The van der Waals surface area contributed by atoms with Gasteiger partial charge in [0.2, 0.25) is 0 Å². The molecule has 0 amide bonds. The molecule has 4 nitrogen and oxygen atoms in total. The SMILES string of the molecule is OC(CNc1cc(-c2ccccc2)ncn1)c1ccccc1. The van der Waals surface area contributed by atoms with E-state index < -0.39 is 6.10 Å². The van der Waals surface area contributed by atoms with Gasteiger partial charge in [-0.15, -0.1) is 0 Å². The van der Waals surface area contributed by atoms with E-state index in [4.69, 9.17) is 0 Å². The van der Waals surface area contributed by atoms with Crippen molar-refractivity contribution in [2.75, 3.05) is 11.9 Å². The predicted molar refractivity (Wildman–Crippen MR) is 87.4 cm³/mol. The van der Waals surface area contributed by atoms with Crippen molar-refractivity contribution in [2.45, 2.75) is 6.10 Å². The quantitative estimate of drug-likeness (QED) is 0.757. The highest BCUT2D eigenvalue weighted by atomic mass is 16.3. The van der Waals surface area contributed by atoms with Gasteiger partial charge in [-0.1, -0.05) is 60.7 Å². The Balaban J connectivity index is 1.69. The van der Waals surface area contributed by atoms with E-state index in [0.717, 1.165) is 16.8 Å². The van der Waals surface area contributed by atoms with E-state index >= 15 is 0 Å². The summed E-state index contributed by atoms with van der Waals surface area (Å²) >= 11 is 0. The Morgan fingerprint density at radius 1 is 0.909 bits per heavy atom. The van der Waals surface area contributed by atoms with Crippen LogP contribution in [0.3, 0.4) is 0 Å². The van der Waals surface area contributed by atoms with Crippen LogP contribution >= 0.6 is 0 Å². The predicted octanol–water partition coefficient (Wildman–Crippen LogP) is 3.29. The first-order chi connectivity index (χ1) is 10.8. The van der Waals surface area contributed by atoms with Gasteiger partial charge in [0.1, 0.15) is 12.1 Å². The van der Waals surface area contributed by atoms with Gasteiger partial charge in [0.15, 0.2) is 0 Å². The second kappa shape index (κ2) is 6.83. The number of aromatic nitrogens is 2. The van der Waals surface area contributed by atoms with Gasteiger partial charge in [-0.25, -0.2) is 9.97 Å². The minimum Gasteiger partial charge on any atom is -0.387 e. The fraction of sp³-hybridized carbons (Fsp3) is 0.111. The lowest BCUT2D eigenvalue weighted by molar-refractivity contribution is 0.191. The van der Waals surface area contributed by atoms with Gasteiger partial charge in [-0.2, -0.15) is 0 Å². The number of aliphatic hydroxyl groups excluding tert-OH is 1. The molecule has 0 radical (unpaired) electrons. The van der Waals surface area contributed by atoms with Crippen molar-refractivity contribution in [3.8, 4) is 11.3 Å². The van der Waals surface area contributed by atoms with Crippen LogP contribution in [0.4, 0.5) is 5.82 Å². The minimum atomic E-state index is -0.573. The fourth-order valence-corrected chi connectivity index (χ4v) is 2.22. The monoisotopic (exact) mass is 291 g/mol. The van der Waals surface area contributed by atoms with Crippen LogP contribution in [0.15, 0.2) is 73.1 Å². The molecule has 0 saturated heterocycles. The Bertz CT molecular complexity index is 717. The van der Waals surface area contributed by atoms with Gasteiger partial charge in [0.25, 0.3) is 0 Å². The molecule has 2 N–H and O–H groups in total. The second-order valence-corrected chi connectivity index (χ2v) is 4.96. The molecule has 0 aliphatic carbocycles. The third-order valence-electron chi connectivity index (χ3n) is 3.40. The van der Waals surface area contributed by atoms with Crippen LogP contribution in [0.5, 0.6) is 0 Å². The Morgan fingerprint density at radius 3 is 2.32 bits per heavy atom. The van der Waals surface area contributed by atoms with Crippen molar-refractivity contribution in [3.05, 3.63) is 78.6 Å². The van der Waals surface area contributed by atoms with Gasteiger partial charge < -0.3 is 10.4 Å². The topological polar surface area (TPSA) is 58.0 Å². The van der Waals surface area contributed by atoms with Crippen molar-refractivity contribution >= 4 is 5.82 Å². The van der Waals surface area contributed by atoms with Crippen molar-refractivity contribution < 1.29 is 5.11 Å². The summed E-state index contributed by atoms with van der Waals surface area (Å²) in [5.74, 6) is 0.698. The van der Waals surface area contributed by atoms with Gasteiger partial charge in [-0.3, -0.25) is 0 Å². The molecule has 2 aromatic carbocycles. The molecule has 3 aromatic rings. The zero-order chi connectivity index (χ0) is 15.2. The zero-order valence-electron chi connectivity index (χ0n) is 12.1. The molecule has 1 unspecified atom stereocenters. The van der Waals surface area contributed by atoms with E-state index in [1.165, 1.54) is 6.33 Å². The van der Waals surface area contributed by atoms with Gasteiger partial charge >= 0.3 is 0 Å². The smallest absolute Gasteiger partial charge is 0.130 e. The molecular weight excluding hydrogens is 274 g/mol. The van der Waals surface area contributed by atoms with Crippen molar-refractivity contribution in [3.63, 3.8) is 0 Å². The molecule has 0 aliphatic heterocycles. The standard InChI is InChI=1S/C18H17N3O/c22-17(15-9-5-2-6-10-15)12-19-18-11-16(20-13-21-18)14-7-3-1-4-8-14/h1-11,13,17,22H,12H2,(H,19,20,21). The lowest BCUT2D eigenvalue weighted by atomic mass is 10.1. The molecule has 0 saturated carbocycles. The lowest BCUT2D eigenvalue weighted by Gasteiger charge is -2.13. The average Bonchev–Trinajstić information content (AvgIpc) is 2.61. The van der Waals surface area contributed by atoms with Crippen LogP contribution in [-0.2, 0) is 0 Å². The van der Waals surface area contributed by atoms with Crippen LogP contribution in [0.2, 0.25) is 0 Å². The fourth-order valence-electron chi connectivity index (χ4n) is 2.22. The maximum absolute atomic E-state index is 10.2. The van der Waals surface area contributed by atoms with Crippen molar-refractivity contribution in [1.82, 2.24) is 9.97 Å². The van der Waals surface area contributed by atoms with Crippen LogP contribution in [-0.4, -0.2) is 21.6 Å². The number of aliphatic hydroxyl groups is 1. The highest BCUT2D eigenvalue weighted by molar-refractivity contribution is 5.61. The van der Waals surface area contributed by atoms with Crippen LogP contribution in [0.25, 0.3) is 11.3 Å². The number of rotatable bonds is 5. The Morgan fingerprint density at radius 2 is 1.59 bits per heavy atom. The molecule has 1 aromatic heterocycles. The number of anilines is 1. The number of hydrogen-bond donors (Lipinski definition) is 2. The largest absolute Gasteiger partial charge is 0.387 e. The molecule has 110 valence electrons. The molecule has 0 spiro atoms. The van der Waals surface area contributed by atoms with Gasteiger partial charge in [0, 0.05) is 18.2 Å². The summed E-state index contributed by atoms with van der Waals surface area (Å²) in [7, 11) is 0. The summed E-state index contributed by atoms with van der Waals surface area (Å²) in [6.07, 6.45) is 0.955. The number of nitrogens with zero attached hydrogens (tertiary/aromatic N) is 2. The summed E-state index contributed by atoms with van der Waals surface area (Å²) in [4.78, 5) is 8.48. The molecule has 0 bridgehead atoms. The number of hydrogen-bond acceptors (Lipinski definition) is 4. The van der Waals surface area contributed by atoms with E-state index in [9.17, 15) is 5.11 Å². The van der Waals surface area contributed by atoms with Gasteiger partial charge in [-0.05, 0) is 5.56 Å². The number of nitrogens with one attached hydrogen (secondary N) is 1. The first-order valence-electron chi connectivity index (χ1n) is 7.17. The maximum Gasteiger partial charge on any atom is 0.130 e. The Kier molecular flexibility index (Phi) is 4.41. The number of benzene rings is 2. The minimum absolute atomic E-state index is 0.398. The zero-order valence-corrected chi connectivity index (χ0v) is 12.1. The molecule has 4 heteroatoms. The third kappa shape index (κ3) is 3.48. The molecule has 0 fully saturated rings. The molecule has 3 rings (SSSR count). The average molecular weight is 291 g/mol. The van der Waals surface area contributed by atoms with Crippen molar-refractivity contribution in [1.29, 1.82) is 0 Å². The van der Waals surface area contributed by atoms with E-state index in [1.54, 1.807) is 0 Å². The Labute approximate surface area is 129 Å². The van der Waals surface area contributed by atoms with Crippen molar-refractivity contribution in [2.24, 2.45) is 0 Å². The molecular formula is C18H17N3O. The second-order valence-electron chi connectivity index (χ2n) is 4.96. The highest BCUT2D eigenvalue weighted by Gasteiger charge is 2.07. The molecule has 1 atom stereocenters. The van der Waals surface area contributed by atoms with Crippen LogP contribution in [0, 0.1) is 0 Å². The first-order valence-corrected chi connectivity index (χ1v) is 7.17. The molecule has 0 aliphatic rings. The Hall–Kier alpha value is -2.72. The summed E-state index contributed by atoms with van der Waals surface area (Å²) in [5, 5.41) is 13.3. The van der Waals surface area contributed by atoms with E-state index in [0.29, 0.717) is 12.4 Å². The third-order valence-corrected chi connectivity index (χ3v) is 3.40. The summed E-state index contributed by atoms with van der Waals surface area (Å²) in [6.45, 7) is 0.398. The van der Waals surface area contributed by atoms with E-state index in [2.05, 4.69) is 15.3 Å². The summed E-state index contributed by atoms with van der Waals surface area (Å²) < 4.78 is 0.